The Kier molecular flexibility index (Phi) is 4.87. The number of halogens is 2. The molecule has 0 aromatic rings. The molecule has 0 spiro atoms. The topological polar surface area (TPSA) is 26.3 Å². The first-order valence-corrected chi connectivity index (χ1v) is 11.2. The first-order chi connectivity index (χ1) is 12.7. The molecule has 4 aliphatic rings. The van der Waals surface area contributed by atoms with E-state index in [9.17, 15) is 4.79 Å². The predicted molar refractivity (Wildman–Crippen MR) is 101 cm³/mol. The molecule has 0 aromatic heterocycles. The van der Waals surface area contributed by atoms with Gasteiger partial charge in [-0.15, -0.1) is 0 Å². The lowest BCUT2D eigenvalue weighted by atomic mass is 9.44. The van der Waals surface area contributed by atoms with E-state index in [4.69, 9.17) is 4.74 Å². The fourth-order valence-electron chi connectivity index (χ4n) is 8.16. The standard InChI is InChI=1S/C23H36F2O2/c1-21-12-5-4-6-16(21)14-23(24,25)20-17-9-7-15(8-10-19(26)27-3)22(17,2)13-11-18(20)21/h15-18,20H,4-14H2,1-3H3/t15?,16?,17?,18?,20?,21-,22?/m0/s1. The second-order valence-corrected chi connectivity index (χ2v) is 10.6. The van der Waals surface area contributed by atoms with Crippen LogP contribution in [0.15, 0.2) is 0 Å². The van der Waals surface area contributed by atoms with Gasteiger partial charge in [-0.25, -0.2) is 8.78 Å². The van der Waals surface area contributed by atoms with Gasteiger partial charge in [0, 0.05) is 18.8 Å². The van der Waals surface area contributed by atoms with E-state index < -0.39 is 11.8 Å². The second-order valence-electron chi connectivity index (χ2n) is 10.6. The lowest BCUT2D eigenvalue weighted by Crippen LogP contribution is -2.60. The van der Waals surface area contributed by atoms with Gasteiger partial charge < -0.3 is 4.74 Å². The Labute approximate surface area is 162 Å². The first kappa shape index (κ1) is 19.6. The van der Waals surface area contributed by atoms with Crippen LogP contribution in [0.3, 0.4) is 0 Å². The minimum absolute atomic E-state index is 0.0313. The molecular weight excluding hydrogens is 346 g/mol. The molecule has 0 N–H and O–H groups in total. The smallest absolute Gasteiger partial charge is 0.305 e. The van der Waals surface area contributed by atoms with Crippen molar-refractivity contribution in [2.24, 2.45) is 40.4 Å². The van der Waals surface area contributed by atoms with E-state index in [0.29, 0.717) is 12.3 Å². The summed E-state index contributed by atoms with van der Waals surface area (Å²) in [5, 5.41) is 0. The van der Waals surface area contributed by atoms with Crippen molar-refractivity contribution in [3.8, 4) is 0 Å². The van der Waals surface area contributed by atoms with Crippen LogP contribution in [0.25, 0.3) is 0 Å². The lowest BCUT2D eigenvalue weighted by molar-refractivity contribution is -0.231. The quantitative estimate of drug-likeness (QED) is 0.541. The highest BCUT2D eigenvalue weighted by Gasteiger charge is 2.67. The maximum atomic E-state index is 15.5. The van der Waals surface area contributed by atoms with Gasteiger partial charge in [0.2, 0.25) is 0 Å². The van der Waals surface area contributed by atoms with Gasteiger partial charge in [0.15, 0.2) is 0 Å². The summed E-state index contributed by atoms with van der Waals surface area (Å²) < 4.78 is 35.8. The molecule has 4 fully saturated rings. The van der Waals surface area contributed by atoms with Crippen molar-refractivity contribution in [3.05, 3.63) is 0 Å². The summed E-state index contributed by atoms with van der Waals surface area (Å²) in [6.07, 6.45) is 9.74. The highest BCUT2D eigenvalue weighted by molar-refractivity contribution is 5.69. The summed E-state index contributed by atoms with van der Waals surface area (Å²) in [5.41, 5.74) is 0.0898. The molecule has 4 heteroatoms. The SMILES string of the molecule is COC(=O)CCC1CCC2C3C(CCC12C)[C@@]1(C)CCCCC1CC3(F)F. The van der Waals surface area contributed by atoms with Gasteiger partial charge in [0.1, 0.15) is 0 Å². The van der Waals surface area contributed by atoms with Gasteiger partial charge in [-0.1, -0.05) is 26.7 Å². The number of hydrogen-bond donors (Lipinski definition) is 0. The third-order valence-corrected chi connectivity index (χ3v) is 9.70. The Balaban J connectivity index is 1.60. The van der Waals surface area contributed by atoms with Crippen LogP contribution < -0.4 is 0 Å². The highest BCUT2D eigenvalue weighted by Crippen LogP contribution is 2.70. The van der Waals surface area contributed by atoms with E-state index in [-0.39, 0.29) is 41.0 Å². The molecule has 0 bridgehead atoms. The molecule has 27 heavy (non-hydrogen) atoms. The molecular formula is C23H36F2O2. The van der Waals surface area contributed by atoms with E-state index in [1.807, 2.05) is 0 Å². The van der Waals surface area contributed by atoms with E-state index in [0.717, 1.165) is 51.4 Å². The number of fused-ring (bicyclic) bond motifs is 5. The molecule has 0 radical (unpaired) electrons. The summed E-state index contributed by atoms with van der Waals surface area (Å²) in [6, 6.07) is 0. The van der Waals surface area contributed by atoms with Crippen molar-refractivity contribution in [2.75, 3.05) is 7.11 Å². The molecule has 4 saturated carbocycles. The number of esters is 1. The molecule has 0 aliphatic heterocycles. The summed E-state index contributed by atoms with van der Waals surface area (Å²) >= 11 is 0. The number of carbonyl (C=O) groups is 1. The number of carbonyl (C=O) groups excluding carboxylic acids is 1. The Morgan fingerprint density at radius 1 is 1.00 bits per heavy atom. The Morgan fingerprint density at radius 3 is 2.48 bits per heavy atom. The molecule has 4 aliphatic carbocycles. The van der Waals surface area contributed by atoms with Gasteiger partial charge in [-0.2, -0.15) is 0 Å². The van der Waals surface area contributed by atoms with Crippen LogP contribution in [0.1, 0.15) is 84.5 Å². The Morgan fingerprint density at radius 2 is 1.74 bits per heavy atom. The molecule has 7 atom stereocenters. The van der Waals surface area contributed by atoms with Gasteiger partial charge in [0.25, 0.3) is 5.92 Å². The van der Waals surface area contributed by atoms with Crippen molar-refractivity contribution in [2.45, 2.75) is 90.4 Å². The van der Waals surface area contributed by atoms with Crippen LogP contribution in [-0.4, -0.2) is 19.0 Å². The number of methoxy groups -OCH3 is 1. The van der Waals surface area contributed by atoms with Crippen molar-refractivity contribution in [1.29, 1.82) is 0 Å². The highest BCUT2D eigenvalue weighted by atomic mass is 19.3. The van der Waals surface area contributed by atoms with Crippen LogP contribution in [0.2, 0.25) is 0 Å². The molecule has 154 valence electrons. The fourth-order valence-corrected chi connectivity index (χ4v) is 8.16. The minimum atomic E-state index is -2.52. The van der Waals surface area contributed by atoms with Crippen LogP contribution in [0.5, 0.6) is 0 Å². The first-order valence-electron chi connectivity index (χ1n) is 11.2. The van der Waals surface area contributed by atoms with Gasteiger partial charge in [-0.05, 0) is 79.4 Å². The van der Waals surface area contributed by atoms with Gasteiger partial charge >= 0.3 is 5.97 Å². The molecule has 2 nitrogen and oxygen atoms in total. The lowest BCUT2D eigenvalue weighted by Gasteiger charge is -2.62. The zero-order chi connectivity index (χ0) is 19.4. The van der Waals surface area contributed by atoms with E-state index >= 15 is 8.78 Å². The van der Waals surface area contributed by atoms with E-state index in [1.54, 1.807) is 0 Å². The predicted octanol–water partition coefficient (Wildman–Crippen LogP) is 6.23. The summed E-state index contributed by atoms with van der Waals surface area (Å²) in [5.74, 6) is -2.23. The molecule has 6 unspecified atom stereocenters. The maximum absolute atomic E-state index is 15.5. The van der Waals surface area contributed by atoms with Crippen molar-refractivity contribution >= 4 is 5.97 Å². The second kappa shape index (κ2) is 6.69. The molecule has 0 aromatic carbocycles. The van der Waals surface area contributed by atoms with Crippen LogP contribution in [0.4, 0.5) is 8.78 Å². The molecule has 4 rings (SSSR count). The van der Waals surface area contributed by atoms with Gasteiger partial charge in [-0.3, -0.25) is 4.79 Å². The summed E-state index contributed by atoms with van der Waals surface area (Å²) in [6.45, 7) is 4.60. The third kappa shape index (κ3) is 2.95. The van der Waals surface area contributed by atoms with E-state index in [2.05, 4.69) is 13.8 Å². The van der Waals surface area contributed by atoms with Crippen LogP contribution in [0, 0.1) is 40.4 Å². The fraction of sp³-hybridized carbons (Fsp3) is 0.957. The maximum Gasteiger partial charge on any atom is 0.305 e. The Hall–Kier alpha value is -0.670. The average molecular weight is 383 g/mol. The largest absolute Gasteiger partial charge is 0.469 e. The van der Waals surface area contributed by atoms with Crippen molar-refractivity contribution in [3.63, 3.8) is 0 Å². The number of hydrogen-bond acceptors (Lipinski definition) is 2. The van der Waals surface area contributed by atoms with Crippen LogP contribution in [-0.2, 0) is 9.53 Å². The summed E-state index contributed by atoms with van der Waals surface area (Å²) in [7, 11) is 1.43. The molecule has 0 heterocycles. The normalized spacial score (nSPS) is 48.3. The zero-order valence-electron chi connectivity index (χ0n) is 17.2. The molecule has 0 amide bonds. The third-order valence-electron chi connectivity index (χ3n) is 9.70. The molecule has 0 saturated heterocycles. The average Bonchev–Trinajstić information content (AvgIpc) is 2.96. The van der Waals surface area contributed by atoms with Crippen molar-refractivity contribution < 1.29 is 18.3 Å². The minimum Gasteiger partial charge on any atom is -0.469 e. The Bertz CT molecular complexity index is 591. The monoisotopic (exact) mass is 382 g/mol. The van der Waals surface area contributed by atoms with E-state index in [1.165, 1.54) is 13.5 Å². The zero-order valence-corrected chi connectivity index (χ0v) is 17.2. The number of ether oxygens (including phenoxy) is 1. The number of rotatable bonds is 3. The van der Waals surface area contributed by atoms with Gasteiger partial charge in [0.05, 0.1) is 7.11 Å². The number of alkyl halides is 2. The summed E-state index contributed by atoms with van der Waals surface area (Å²) in [4.78, 5) is 11.6. The van der Waals surface area contributed by atoms with Crippen molar-refractivity contribution in [1.82, 2.24) is 0 Å². The van der Waals surface area contributed by atoms with Crippen LogP contribution >= 0.6 is 0 Å².